The highest BCUT2D eigenvalue weighted by Crippen LogP contribution is 2.24. The van der Waals surface area contributed by atoms with Gasteiger partial charge < -0.3 is 9.88 Å². The van der Waals surface area contributed by atoms with Crippen molar-refractivity contribution in [3.63, 3.8) is 0 Å². The van der Waals surface area contributed by atoms with E-state index in [0.29, 0.717) is 23.0 Å². The van der Waals surface area contributed by atoms with Crippen molar-refractivity contribution in [2.75, 3.05) is 11.1 Å². The molecule has 0 aliphatic rings. The third-order valence-electron chi connectivity index (χ3n) is 3.97. The Balaban J connectivity index is 1.63. The van der Waals surface area contributed by atoms with Crippen LogP contribution in [0.2, 0.25) is 0 Å². The average Bonchev–Trinajstić information content (AvgIpc) is 3.10. The normalized spacial score (nSPS) is 10.6. The topological polar surface area (TPSA) is 76.9 Å². The van der Waals surface area contributed by atoms with E-state index in [-0.39, 0.29) is 17.4 Å². The molecule has 0 spiro atoms. The number of nitrogens with zero attached hydrogens (tertiary/aromatic N) is 3. The SMILES string of the molecule is CCn1c(SCC(=O)Nc2ccc(C(C)=O)cc2)nnc1-c1ccccc1. The molecule has 7 heteroatoms. The second kappa shape index (κ2) is 8.64. The van der Waals surface area contributed by atoms with Crippen LogP contribution in [-0.2, 0) is 11.3 Å². The summed E-state index contributed by atoms with van der Waals surface area (Å²) in [5, 5.41) is 12.0. The summed E-state index contributed by atoms with van der Waals surface area (Å²) >= 11 is 1.35. The van der Waals surface area contributed by atoms with Crippen LogP contribution < -0.4 is 5.32 Å². The van der Waals surface area contributed by atoms with Crippen LogP contribution in [0, 0.1) is 0 Å². The summed E-state index contributed by atoms with van der Waals surface area (Å²) in [6, 6.07) is 16.7. The van der Waals surface area contributed by atoms with Gasteiger partial charge in [0, 0.05) is 23.4 Å². The van der Waals surface area contributed by atoms with Crippen LogP contribution in [0.4, 0.5) is 5.69 Å². The molecular formula is C20H20N4O2S. The first-order valence-corrected chi connectivity index (χ1v) is 9.59. The summed E-state index contributed by atoms with van der Waals surface area (Å²) in [5.74, 6) is 0.876. The van der Waals surface area contributed by atoms with Crippen LogP contribution in [0.1, 0.15) is 24.2 Å². The van der Waals surface area contributed by atoms with Gasteiger partial charge >= 0.3 is 0 Å². The minimum atomic E-state index is -0.137. The summed E-state index contributed by atoms with van der Waals surface area (Å²) in [6.07, 6.45) is 0. The van der Waals surface area contributed by atoms with E-state index >= 15 is 0 Å². The lowest BCUT2D eigenvalue weighted by Crippen LogP contribution is -2.14. The van der Waals surface area contributed by atoms with E-state index in [9.17, 15) is 9.59 Å². The van der Waals surface area contributed by atoms with Crippen molar-refractivity contribution >= 4 is 29.1 Å². The molecule has 0 bridgehead atoms. The van der Waals surface area contributed by atoms with Crippen LogP contribution in [0.25, 0.3) is 11.4 Å². The molecule has 0 saturated heterocycles. The maximum atomic E-state index is 12.2. The number of anilines is 1. The number of benzene rings is 2. The molecule has 0 unspecified atom stereocenters. The fraction of sp³-hybridized carbons (Fsp3) is 0.200. The zero-order valence-corrected chi connectivity index (χ0v) is 16.0. The molecule has 1 heterocycles. The predicted molar refractivity (Wildman–Crippen MR) is 107 cm³/mol. The fourth-order valence-corrected chi connectivity index (χ4v) is 3.40. The molecule has 0 atom stereocenters. The van der Waals surface area contributed by atoms with E-state index < -0.39 is 0 Å². The zero-order valence-electron chi connectivity index (χ0n) is 15.2. The molecule has 1 aromatic heterocycles. The smallest absolute Gasteiger partial charge is 0.234 e. The van der Waals surface area contributed by atoms with E-state index in [1.54, 1.807) is 24.3 Å². The van der Waals surface area contributed by atoms with Gasteiger partial charge in [0.25, 0.3) is 0 Å². The van der Waals surface area contributed by atoms with Crippen LogP contribution in [0.15, 0.2) is 59.8 Å². The van der Waals surface area contributed by atoms with Crippen LogP contribution >= 0.6 is 11.8 Å². The summed E-state index contributed by atoms with van der Waals surface area (Å²) < 4.78 is 1.99. The van der Waals surface area contributed by atoms with Crippen LogP contribution in [-0.4, -0.2) is 32.2 Å². The van der Waals surface area contributed by atoms with Crippen molar-refractivity contribution in [3.8, 4) is 11.4 Å². The van der Waals surface area contributed by atoms with Gasteiger partial charge in [0.1, 0.15) is 0 Å². The van der Waals surface area contributed by atoms with Gasteiger partial charge in [-0.25, -0.2) is 0 Å². The predicted octanol–water partition coefficient (Wildman–Crippen LogP) is 3.90. The van der Waals surface area contributed by atoms with E-state index in [1.165, 1.54) is 18.7 Å². The van der Waals surface area contributed by atoms with Crippen molar-refractivity contribution in [3.05, 3.63) is 60.2 Å². The highest BCUT2D eigenvalue weighted by molar-refractivity contribution is 7.99. The number of amides is 1. The number of ketones is 1. The first kappa shape index (κ1) is 18.8. The average molecular weight is 380 g/mol. The van der Waals surface area contributed by atoms with Crippen molar-refractivity contribution in [1.29, 1.82) is 0 Å². The maximum Gasteiger partial charge on any atom is 0.234 e. The molecule has 0 fully saturated rings. The number of rotatable bonds is 7. The maximum absolute atomic E-state index is 12.2. The third-order valence-corrected chi connectivity index (χ3v) is 4.94. The molecule has 0 saturated carbocycles. The number of hydrogen-bond donors (Lipinski definition) is 1. The van der Waals surface area contributed by atoms with Crippen molar-refractivity contribution in [2.45, 2.75) is 25.5 Å². The van der Waals surface area contributed by atoms with Crippen LogP contribution in [0.3, 0.4) is 0 Å². The summed E-state index contributed by atoms with van der Waals surface area (Å²) in [6.45, 7) is 4.25. The van der Waals surface area contributed by atoms with Gasteiger partial charge in [0.15, 0.2) is 16.8 Å². The minimum absolute atomic E-state index is 0.00319. The van der Waals surface area contributed by atoms with Gasteiger partial charge in [-0.1, -0.05) is 42.1 Å². The monoisotopic (exact) mass is 380 g/mol. The fourth-order valence-electron chi connectivity index (χ4n) is 2.60. The summed E-state index contributed by atoms with van der Waals surface area (Å²) in [5.41, 5.74) is 2.27. The van der Waals surface area contributed by atoms with Crippen molar-refractivity contribution < 1.29 is 9.59 Å². The Morgan fingerprint density at radius 1 is 1.04 bits per heavy atom. The molecule has 3 aromatic rings. The number of aromatic nitrogens is 3. The van der Waals surface area contributed by atoms with E-state index in [4.69, 9.17) is 0 Å². The Bertz CT molecular complexity index is 936. The summed E-state index contributed by atoms with van der Waals surface area (Å²) in [7, 11) is 0. The number of hydrogen-bond acceptors (Lipinski definition) is 5. The number of carbonyl (C=O) groups is 2. The quantitative estimate of drug-likeness (QED) is 0.497. The Morgan fingerprint density at radius 2 is 1.74 bits per heavy atom. The molecular weight excluding hydrogens is 360 g/mol. The van der Waals surface area contributed by atoms with Crippen LogP contribution in [0.5, 0.6) is 0 Å². The molecule has 0 aliphatic carbocycles. The van der Waals surface area contributed by atoms with E-state index in [2.05, 4.69) is 15.5 Å². The molecule has 6 nitrogen and oxygen atoms in total. The highest BCUT2D eigenvalue weighted by Gasteiger charge is 2.14. The molecule has 2 aromatic carbocycles. The van der Waals surface area contributed by atoms with E-state index in [1.807, 2.05) is 41.8 Å². The second-order valence-electron chi connectivity index (χ2n) is 5.89. The van der Waals surface area contributed by atoms with Gasteiger partial charge in [-0.3, -0.25) is 9.59 Å². The first-order chi connectivity index (χ1) is 13.1. The Labute approximate surface area is 162 Å². The van der Waals surface area contributed by atoms with Gasteiger partial charge in [-0.05, 0) is 38.1 Å². The molecule has 0 aliphatic heterocycles. The van der Waals surface area contributed by atoms with Gasteiger partial charge in [-0.2, -0.15) is 0 Å². The standard InChI is InChI=1S/C20H20N4O2S/c1-3-24-19(16-7-5-4-6-8-16)22-23-20(24)27-13-18(26)21-17-11-9-15(10-12-17)14(2)25/h4-12H,3,13H2,1-2H3,(H,21,26). The lowest BCUT2D eigenvalue weighted by atomic mass is 10.1. The number of thioether (sulfide) groups is 1. The lowest BCUT2D eigenvalue weighted by Gasteiger charge is -2.08. The number of nitrogens with one attached hydrogen (secondary N) is 1. The first-order valence-electron chi connectivity index (χ1n) is 8.60. The molecule has 0 radical (unpaired) electrons. The number of carbonyl (C=O) groups excluding carboxylic acids is 2. The highest BCUT2D eigenvalue weighted by atomic mass is 32.2. The van der Waals surface area contributed by atoms with Crippen molar-refractivity contribution in [2.24, 2.45) is 0 Å². The Kier molecular flexibility index (Phi) is 6.03. The number of Topliss-reactive ketones (excluding diaryl/α,β-unsaturated/α-hetero) is 1. The van der Waals surface area contributed by atoms with Crippen molar-refractivity contribution in [1.82, 2.24) is 14.8 Å². The lowest BCUT2D eigenvalue weighted by molar-refractivity contribution is -0.113. The van der Waals surface area contributed by atoms with Gasteiger partial charge in [0.05, 0.1) is 5.75 Å². The largest absolute Gasteiger partial charge is 0.325 e. The zero-order chi connectivity index (χ0) is 19.2. The van der Waals surface area contributed by atoms with Gasteiger partial charge in [0.2, 0.25) is 5.91 Å². The second-order valence-corrected chi connectivity index (χ2v) is 6.83. The molecule has 138 valence electrons. The summed E-state index contributed by atoms with van der Waals surface area (Å²) in [4.78, 5) is 23.5. The minimum Gasteiger partial charge on any atom is -0.325 e. The molecule has 1 N–H and O–H groups in total. The molecule has 1 amide bonds. The third kappa shape index (κ3) is 4.62. The van der Waals surface area contributed by atoms with Gasteiger partial charge in [-0.15, -0.1) is 10.2 Å². The molecule has 27 heavy (non-hydrogen) atoms. The Morgan fingerprint density at radius 3 is 2.37 bits per heavy atom. The van der Waals surface area contributed by atoms with E-state index in [0.717, 1.165) is 11.4 Å². The molecule has 3 rings (SSSR count). The Hall–Kier alpha value is -2.93.